The number of aryl methyl sites for hydroxylation is 1. The van der Waals surface area contributed by atoms with Gasteiger partial charge in [-0.05, 0) is 0 Å². The van der Waals surface area contributed by atoms with E-state index in [-0.39, 0.29) is 5.69 Å². The van der Waals surface area contributed by atoms with Crippen LogP contribution in [0.4, 0.5) is 0 Å². The summed E-state index contributed by atoms with van der Waals surface area (Å²) in [5.41, 5.74) is 1.83. The molecule has 3 rings (SSSR count). The van der Waals surface area contributed by atoms with Crippen molar-refractivity contribution in [1.29, 1.82) is 0 Å². The molecule has 8 nitrogen and oxygen atoms in total. The first-order valence-electron chi connectivity index (χ1n) is 5.75. The van der Waals surface area contributed by atoms with Gasteiger partial charge in [-0.15, -0.1) is 0 Å². The highest BCUT2D eigenvalue weighted by atomic mass is 16.5. The monoisotopic (exact) mass is 273 g/mol. The highest BCUT2D eigenvalue weighted by molar-refractivity contribution is 5.87. The van der Waals surface area contributed by atoms with Gasteiger partial charge in [0, 0.05) is 24.9 Å². The predicted octanol–water partition coefficient (Wildman–Crippen LogP) is 0.837. The van der Waals surface area contributed by atoms with E-state index < -0.39 is 5.97 Å². The van der Waals surface area contributed by atoms with Crippen molar-refractivity contribution >= 4 is 11.5 Å². The number of aromatic carboxylic acids is 1. The summed E-state index contributed by atoms with van der Waals surface area (Å²) in [5, 5.41) is 17.0. The van der Waals surface area contributed by atoms with Crippen molar-refractivity contribution in [2.24, 2.45) is 7.05 Å². The molecule has 3 aromatic heterocycles. The Morgan fingerprint density at radius 1 is 1.40 bits per heavy atom. The first-order chi connectivity index (χ1) is 9.58. The van der Waals surface area contributed by atoms with E-state index in [1.54, 1.807) is 30.3 Å². The van der Waals surface area contributed by atoms with E-state index in [0.29, 0.717) is 17.1 Å². The summed E-state index contributed by atoms with van der Waals surface area (Å²) in [7, 11) is 3.28. The topological polar surface area (TPSA) is 94.5 Å². The molecule has 8 heteroatoms. The molecule has 1 N–H and O–H groups in total. The van der Waals surface area contributed by atoms with E-state index in [0.717, 1.165) is 5.56 Å². The summed E-state index contributed by atoms with van der Waals surface area (Å²) < 4.78 is 8.29. The summed E-state index contributed by atoms with van der Waals surface area (Å²) in [6.45, 7) is 0. The summed E-state index contributed by atoms with van der Waals surface area (Å²) in [6.07, 6.45) is 5.10. The molecule has 0 aliphatic rings. The minimum absolute atomic E-state index is 0.0616. The minimum Gasteiger partial charge on any atom is -0.479 e. The summed E-state index contributed by atoms with van der Waals surface area (Å²) >= 11 is 0. The molecule has 0 amide bonds. The number of aromatic nitrogens is 5. The van der Waals surface area contributed by atoms with Crippen molar-refractivity contribution in [1.82, 2.24) is 24.4 Å². The molecule has 3 heterocycles. The fourth-order valence-corrected chi connectivity index (χ4v) is 1.91. The molecule has 0 aromatic carbocycles. The lowest BCUT2D eigenvalue weighted by Gasteiger charge is -2.04. The van der Waals surface area contributed by atoms with Gasteiger partial charge in [0.25, 0.3) is 0 Å². The van der Waals surface area contributed by atoms with Gasteiger partial charge in [0.05, 0.1) is 25.2 Å². The lowest BCUT2D eigenvalue weighted by Crippen LogP contribution is -1.99. The minimum atomic E-state index is -1.10. The van der Waals surface area contributed by atoms with Crippen LogP contribution in [0.2, 0.25) is 0 Å². The molecule has 0 aliphatic heterocycles. The lowest BCUT2D eigenvalue weighted by atomic mass is 10.2. The molecule has 20 heavy (non-hydrogen) atoms. The van der Waals surface area contributed by atoms with E-state index in [2.05, 4.69) is 15.2 Å². The van der Waals surface area contributed by atoms with Crippen LogP contribution in [0.25, 0.3) is 16.8 Å². The Labute approximate surface area is 113 Å². The van der Waals surface area contributed by atoms with Crippen LogP contribution in [-0.4, -0.2) is 42.6 Å². The predicted molar refractivity (Wildman–Crippen MR) is 68.7 cm³/mol. The Morgan fingerprint density at radius 2 is 2.20 bits per heavy atom. The first kappa shape index (κ1) is 12.2. The summed E-state index contributed by atoms with van der Waals surface area (Å²) in [6, 6.07) is 1.42. The zero-order valence-electron chi connectivity index (χ0n) is 10.8. The van der Waals surface area contributed by atoms with Crippen LogP contribution in [0, 0.1) is 0 Å². The Morgan fingerprint density at radius 3 is 2.80 bits per heavy atom. The number of rotatable bonds is 3. The van der Waals surface area contributed by atoms with Gasteiger partial charge in [0.15, 0.2) is 5.69 Å². The largest absolute Gasteiger partial charge is 0.479 e. The van der Waals surface area contributed by atoms with E-state index in [9.17, 15) is 4.79 Å². The molecule has 0 fully saturated rings. The van der Waals surface area contributed by atoms with Gasteiger partial charge in [-0.1, -0.05) is 0 Å². The fraction of sp³-hybridized carbons (Fsp3) is 0.167. The van der Waals surface area contributed by atoms with Gasteiger partial charge in [-0.2, -0.15) is 10.2 Å². The Bertz CT molecular complexity index is 805. The number of ether oxygens (including phenoxy) is 1. The summed E-state index contributed by atoms with van der Waals surface area (Å²) in [5.74, 6) is -0.787. The maximum absolute atomic E-state index is 11.0. The molecule has 0 unspecified atom stereocenters. The number of hydrogen-bond donors (Lipinski definition) is 1. The molecule has 3 aromatic rings. The Balaban J connectivity index is 2.23. The average molecular weight is 273 g/mol. The van der Waals surface area contributed by atoms with Crippen molar-refractivity contribution in [2.75, 3.05) is 7.11 Å². The van der Waals surface area contributed by atoms with Crippen LogP contribution in [0.3, 0.4) is 0 Å². The zero-order chi connectivity index (χ0) is 14.3. The van der Waals surface area contributed by atoms with Crippen LogP contribution >= 0.6 is 0 Å². The zero-order valence-corrected chi connectivity index (χ0v) is 10.8. The van der Waals surface area contributed by atoms with Crippen molar-refractivity contribution in [3.05, 3.63) is 30.4 Å². The van der Waals surface area contributed by atoms with E-state index >= 15 is 0 Å². The molecule has 0 aliphatic carbocycles. The number of carboxylic acid groups (broad SMARTS) is 1. The highest BCUT2D eigenvalue weighted by Crippen LogP contribution is 2.24. The maximum atomic E-state index is 11.0. The highest BCUT2D eigenvalue weighted by Gasteiger charge is 2.15. The fourth-order valence-electron chi connectivity index (χ4n) is 1.91. The second-order valence-electron chi connectivity index (χ2n) is 4.20. The number of fused-ring (bicyclic) bond motifs is 1. The van der Waals surface area contributed by atoms with Crippen molar-refractivity contribution in [3.8, 4) is 17.1 Å². The molecule has 0 radical (unpaired) electrons. The van der Waals surface area contributed by atoms with E-state index in [1.165, 1.54) is 17.7 Å². The number of hydrogen-bond acceptors (Lipinski definition) is 5. The second kappa shape index (κ2) is 4.34. The SMILES string of the molecule is COc1nc(-c2cnn(C)c2)cn2nc(C(=O)O)cc12. The number of nitrogens with zero attached hydrogens (tertiary/aromatic N) is 5. The van der Waals surface area contributed by atoms with Crippen molar-refractivity contribution in [2.45, 2.75) is 0 Å². The quantitative estimate of drug-likeness (QED) is 0.759. The normalized spacial score (nSPS) is 10.9. The van der Waals surface area contributed by atoms with Gasteiger partial charge >= 0.3 is 5.97 Å². The molecular weight excluding hydrogens is 262 g/mol. The van der Waals surface area contributed by atoms with Crippen molar-refractivity contribution in [3.63, 3.8) is 0 Å². The van der Waals surface area contributed by atoms with Crippen LogP contribution < -0.4 is 4.74 Å². The van der Waals surface area contributed by atoms with Crippen LogP contribution in [-0.2, 0) is 7.05 Å². The van der Waals surface area contributed by atoms with Crippen LogP contribution in [0.5, 0.6) is 5.88 Å². The van der Waals surface area contributed by atoms with E-state index in [4.69, 9.17) is 9.84 Å². The number of carboxylic acids is 1. The third-order valence-electron chi connectivity index (χ3n) is 2.83. The van der Waals surface area contributed by atoms with E-state index in [1.807, 2.05) is 0 Å². The second-order valence-corrected chi connectivity index (χ2v) is 4.20. The number of carbonyl (C=O) groups is 1. The van der Waals surface area contributed by atoms with Crippen LogP contribution in [0.15, 0.2) is 24.7 Å². The van der Waals surface area contributed by atoms with Gasteiger partial charge in [-0.3, -0.25) is 4.68 Å². The smallest absolute Gasteiger partial charge is 0.356 e. The molecular formula is C12H11N5O3. The lowest BCUT2D eigenvalue weighted by molar-refractivity contribution is 0.0690. The first-order valence-corrected chi connectivity index (χ1v) is 5.75. The van der Waals surface area contributed by atoms with Gasteiger partial charge in [0.1, 0.15) is 5.52 Å². The molecule has 0 bridgehead atoms. The molecule has 0 saturated carbocycles. The summed E-state index contributed by atoms with van der Waals surface area (Å²) in [4.78, 5) is 15.3. The molecule has 0 saturated heterocycles. The molecule has 0 spiro atoms. The molecule has 102 valence electrons. The van der Waals surface area contributed by atoms with Gasteiger partial charge in [0.2, 0.25) is 5.88 Å². The standard InChI is InChI=1S/C12H11N5O3/c1-16-5-7(4-13-16)9-6-17-10(11(14-9)20-2)3-8(15-17)12(18)19/h3-6H,1-2H3,(H,18,19). The Hall–Kier alpha value is -2.90. The Kier molecular flexibility index (Phi) is 2.63. The third kappa shape index (κ3) is 1.87. The van der Waals surface area contributed by atoms with Gasteiger partial charge in [-0.25, -0.2) is 14.3 Å². The van der Waals surface area contributed by atoms with Crippen molar-refractivity contribution < 1.29 is 14.6 Å². The van der Waals surface area contributed by atoms with Crippen LogP contribution in [0.1, 0.15) is 10.5 Å². The number of methoxy groups -OCH3 is 1. The average Bonchev–Trinajstić information content (AvgIpc) is 3.03. The molecule has 0 atom stereocenters. The maximum Gasteiger partial charge on any atom is 0.356 e. The van der Waals surface area contributed by atoms with Gasteiger partial charge < -0.3 is 9.84 Å². The third-order valence-corrected chi connectivity index (χ3v) is 2.83.